The monoisotopic (exact) mass is 554 g/mol. The fraction of sp³-hybridized carbons (Fsp3) is 0.0270. The third-order valence-corrected chi connectivity index (χ3v) is 8.03. The molecule has 0 saturated carbocycles. The number of rotatable bonds is 5. The largest absolute Gasteiger partial charge is 0.307 e. The number of para-hydroxylation sites is 2. The summed E-state index contributed by atoms with van der Waals surface area (Å²) < 4.78 is 4.49. The molecule has 3 heterocycles. The highest BCUT2D eigenvalue weighted by Crippen LogP contribution is 2.46. The second kappa shape index (κ2) is 9.89. The van der Waals surface area contributed by atoms with Crippen LogP contribution in [0.5, 0.6) is 0 Å². The Bertz CT molecular complexity index is 2360. The van der Waals surface area contributed by atoms with Gasteiger partial charge in [0.1, 0.15) is 5.69 Å². The highest BCUT2D eigenvalue weighted by atomic mass is 15.2. The first kappa shape index (κ1) is 24.9. The lowest BCUT2D eigenvalue weighted by atomic mass is 10.1. The Balaban J connectivity index is 1.62. The molecule has 204 valence electrons. The third-order valence-electron chi connectivity index (χ3n) is 8.03. The van der Waals surface area contributed by atoms with E-state index in [4.69, 9.17) is 9.97 Å². The lowest BCUT2D eigenvalue weighted by Gasteiger charge is -2.13. The van der Waals surface area contributed by atoms with Gasteiger partial charge in [-0.1, -0.05) is 78.9 Å². The average Bonchev–Trinajstić information content (AvgIpc) is 3.59. The van der Waals surface area contributed by atoms with Gasteiger partial charge in [-0.05, 0) is 50.0 Å². The van der Waals surface area contributed by atoms with E-state index in [2.05, 4.69) is 105 Å². The molecule has 8 aromatic rings. The molecule has 0 aliphatic heterocycles. The molecule has 6 heteroatoms. The van der Waals surface area contributed by atoms with Crippen LogP contribution in [0.4, 0.5) is 11.4 Å². The minimum atomic E-state index is 0.557. The molecule has 0 spiro atoms. The van der Waals surface area contributed by atoms with Crippen molar-refractivity contribution >= 4 is 67.9 Å². The Kier molecular flexibility index (Phi) is 5.72. The molecule has 0 aliphatic rings. The summed E-state index contributed by atoms with van der Waals surface area (Å²) in [6.45, 7) is 5.88. The molecule has 0 radical (unpaired) electrons. The van der Waals surface area contributed by atoms with Gasteiger partial charge >= 0.3 is 0 Å². The molecule has 6 nitrogen and oxygen atoms in total. The molecular weight excluding hydrogens is 528 g/mol. The van der Waals surface area contributed by atoms with Gasteiger partial charge in [-0.2, -0.15) is 0 Å². The van der Waals surface area contributed by atoms with Crippen molar-refractivity contribution in [2.24, 2.45) is 9.98 Å². The maximum atomic E-state index is 5.14. The van der Waals surface area contributed by atoms with Crippen molar-refractivity contribution in [1.29, 1.82) is 0 Å². The summed E-state index contributed by atoms with van der Waals surface area (Å²) in [5.41, 5.74) is 8.45. The summed E-state index contributed by atoms with van der Waals surface area (Å²) in [7, 11) is 0. The molecule has 3 aromatic heterocycles. The summed E-state index contributed by atoms with van der Waals surface area (Å²) in [6, 6.07) is 39.7. The topological polar surface area (TPSA) is 60.4 Å². The highest BCUT2D eigenvalue weighted by molar-refractivity contribution is 6.25. The van der Waals surface area contributed by atoms with Crippen LogP contribution in [0.15, 0.2) is 131 Å². The molecule has 0 fully saturated rings. The summed E-state index contributed by atoms with van der Waals surface area (Å²) in [5.74, 6) is 0.557. The minimum Gasteiger partial charge on any atom is -0.307 e. The Morgan fingerprint density at radius 2 is 1.30 bits per heavy atom. The summed E-state index contributed by atoms with van der Waals surface area (Å²) in [4.78, 5) is 19.2. The number of nitrogens with zero attached hydrogens (tertiary/aromatic N) is 6. The SMILES string of the molecule is C=Nc1c(/N=C\C)ccc2c3ccc4c5ccccc5n(-c5ccccc5)c4c3n(-c3nccc(-c4ccccc4)n3)c12. The molecule has 0 unspecified atom stereocenters. The molecule has 5 aromatic carbocycles. The van der Waals surface area contributed by atoms with E-state index in [1.165, 1.54) is 5.39 Å². The third kappa shape index (κ3) is 3.73. The van der Waals surface area contributed by atoms with E-state index in [-0.39, 0.29) is 0 Å². The quantitative estimate of drug-likeness (QED) is 0.199. The molecular formula is C37H26N6. The van der Waals surface area contributed by atoms with Gasteiger partial charge in [0, 0.05) is 45.2 Å². The number of benzene rings is 5. The maximum Gasteiger partial charge on any atom is 0.235 e. The zero-order chi connectivity index (χ0) is 28.9. The predicted molar refractivity (Wildman–Crippen MR) is 179 cm³/mol. The van der Waals surface area contributed by atoms with Crippen molar-refractivity contribution in [1.82, 2.24) is 19.1 Å². The van der Waals surface area contributed by atoms with E-state index in [0.717, 1.165) is 60.9 Å². The zero-order valence-corrected chi connectivity index (χ0v) is 23.5. The van der Waals surface area contributed by atoms with Crippen molar-refractivity contribution in [3.8, 4) is 22.9 Å². The van der Waals surface area contributed by atoms with Crippen molar-refractivity contribution in [3.05, 3.63) is 121 Å². The fourth-order valence-corrected chi connectivity index (χ4v) is 6.28. The number of hydrogen-bond acceptors (Lipinski definition) is 4. The van der Waals surface area contributed by atoms with E-state index in [1.54, 1.807) is 6.21 Å². The standard InChI is InChI=1S/C37H26N6/c1-3-39-31-21-20-28-29-19-18-27-26-16-10-11-17-32(26)42(25-14-8-5-9-15-25)35(27)36(29)43(34(28)33(31)38-2)37-40-23-22-30(41-37)24-12-6-4-7-13-24/h3-23H,2H2,1H3/b39-3-. The normalized spacial score (nSPS) is 11.8. The minimum absolute atomic E-state index is 0.557. The van der Waals surface area contributed by atoms with Crippen LogP contribution in [0.1, 0.15) is 6.92 Å². The van der Waals surface area contributed by atoms with Gasteiger partial charge in [-0.25, -0.2) is 9.97 Å². The molecule has 0 atom stereocenters. The molecule has 0 aliphatic carbocycles. The van der Waals surface area contributed by atoms with Crippen LogP contribution in [0.2, 0.25) is 0 Å². The van der Waals surface area contributed by atoms with Gasteiger partial charge in [0.05, 0.1) is 33.4 Å². The fourth-order valence-electron chi connectivity index (χ4n) is 6.28. The molecule has 43 heavy (non-hydrogen) atoms. The Morgan fingerprint density at radius 3 is 2.07 bits per heavy atom. The van der Waals surface area contributed by atoms with Gasteiger partial charge < -0.3 is 4.57 Å². The van der Waals surface area contributed by atoms with Crippen LogP contribution < -0.4 is 0 Å². The number of aromatic nitrogens is 4. The van der Waals surface area contributed by atoms with E-state index < -0.39 is 0 Å². The van der Waals surface area contributed by atoms with Gasteiger partial charge in [-0.15, -0.1) is 0 Å². The first-order valence-corrected chi connectivity index (χ1v) is 14.2. The Hall–Kier alpha value is -5.88. The maximum absolute atomic E-state index is 5.14. The molecule has 0 N–H and O–H groups in total. The predicted octanol–water partition coefficient (Wildman–Crippen LogP) is 9.39. The molecule has 0 bridgehead atoms. The number of aliphatic imine (C=N–C) groups is 2. The van der Waals surface area contributed by atoms with Gasteiger partial charge in [0.15, 0.2) is 0 Å². The average molecular weight is 555 g/mol. The molecule has 0 saturated heterocycles. The molecule has 0 amide bonds. The van der Waals surface area contributed by atoms with Crippen molar-refractivity contribution < 1.29 is 0 Å². The van der Waals surface area contributed by atoms with Gasteiger partial charge in [0.2, 0.25) is 5.95 Å². The van der Waals surface area contributed by atoms with E-state index in [0.29, 0.717) is 11.6 Å². The first-order chi connectivity index (χ1) is 21.3. The second-order valence-electron chi connectivity index (χ2n) is 10.4. The van der Waals surface area contributed by atoms with Crippen molar-refractivity contribution in [2.45, 2.75) is 6.92 Å². The van der Waals surface area contributed by atoms with Crippen molar-refractivity contribution in [2.75, 3.05) is 0 Å². The number of hydrogen-bond donors (Lipinski definition) is 0. The van der Waals surface area contributed by atoms with Gasteiger partial charge in [0.25, 0.3) is 0 Å². The van der Waals surface area contributed by atoms with Crippen LogP contribution in [-0.2, 0) is 0 Å². The summed E-state index contributed by atoms with van der Waals surface area (Å²) in [5, 5.41) is 4.44. The summed E-state index contributed by atoms with van der Waals surface area (Å²) >= 11 is 0. The van der Waals surface area contributed by atoms with Crippen LogP contribution in [0, 0.1) is 0 Å². The van der Waals surface area contributed by atoms with E-state index in [9.17, 15) is 0 Å². The smallest absolute Gasteiger partial charge is 0.235 e. The van der Waals surface area contributed by atoms with Crippen molar-refractivity contribution in [3.63, 3.8) is 0 Å². The Labute approximate surface area is 247 Å². The van der Waals surface area contributed by atoms with Gasteiger partial charge in [-0.3, -0.25) is 14.6 Å². The zero-order valence-electron chi connectivity index (χ0n) is 23.5. The van der Waals surface area contributed by atoms with Crippen LogP contribution >= 0.6 is 0 Å². The second-order valence-corrected chi connectivity index (χ2v) is 10.4. The van der Waals surface area contributed by atoms with E-state index >= 15 is 0 Å². The molecule has 8 rings (SSSR count). The Morgan fingerprint density at radius 1 is 0.651 bits per heavy atom. The van der Waals surface area contributed by atoms with Crippen LogP contribution in [0.25, 0.3) is 66.5 Å². The lowest BCUT2D eigenvalue weighted by molar-refractivity contribution is 0.991. The number of fused-ring (bicyclic) bond motifs is 7. The summed E-state index contributed by atoms with van der Waals surface area (Å²) in [6.07, 6.45) is 3.60. The lowest BCUT2D eigenvalue weighted by Crippen LogP contribution is -2.03. The van der Waals surface area contributed by atoms with Crippen LogP contribution in [0.3, 0.4) is 0 Å². The first-order valence-electron chi connectivity index (χ1n) is 14.2. The van der Waals surface area contributed by atoms with Crippen LogP contribution in [-0.4, -0.2) is 32.0 Å². The van der Waals surface area contributed by atoms with E-state index in [1.807, 2.05) is 49.5 Å². The highest BCUT2D eigenvalue weighted by Gasteiger charge is 2.24.